The molecular formula is C32H39N3O5. The number of ether oxygens (including phenoxy) is 3. The van der Waals surface area contributed by atoms with E-state index in [2.05, 4.69) is 22.5 Å². The Hall–Kier alpha value is -3.27. The molecule has 8 heteroatoms. The second-order valence-electron chi connectivity index (χ2n) is 10.5. The van der Waals surface area contributed by atoms with Crippen LogP contribution in [-0.2, 0) is 33.9 Å². The van der Waals surface area contributed by atoms with Crippen molar-refractivity contribution in [3.63, 3.8) is 0 Å². The van der Waals surface area contributed by atoms with Gasteiger partial charge in [-0.3, -0.25) is 4.90 Å². The molecule has 3 aromatic carbocycles. The van der Waals surface area contributed by atoms with Gasteiger partial charge in [-0.15, -0.1) is 0 Å². The van der Waals surface area contributed by atoms with E-state index >= 15 is 0 Å². The number of urea groups is 1. The number of aliphatic hydroxyl groups excluding tert-OH is 1. The zero-order chi connectivity index (χ0) is 27.7. The van der Waals surface area contributed by atoms with Gasteiger partial charge in [-0.1, -0.05) is 85.8 Å². The van der Waals surface area contributed by atoms with Crippen LogP contribution in [0.1, 0.15) is 47.1 Å². The summed E-state index contributed by atoms with van der Waals surface area (Å²) in [5.41, 5.74) is 4.94. The molecule has 0 aliphatic carbocycles. The summed E-state index contributed by atoms with van der Waals surface area (Å²) in [7, 11) is 0. The largest absolute Gasteiger partial charge is 0.392 e. The van der Waals surface area contributed by atoms with Gasteiger partial charge >= 0.3 is 6.03 Å². The predicted octanol–water partition coefficient (Wildman–Crippen LogP) is 4.30. The maximum atomic E-state index is 12.3. The van der Waals surface area contributed by atoms with Crippen LogP contribution in [0.25, 0.3) is 0 Å². The zero-order valence-electron chi connectivity index (χ0n) is 23.0. The first-order valence-corrected chi connectivity index (χ1v) is 14.0. The van der Waals surface area contributed by atoms with E-state index in [1.807, 2.05) is 78.9 Å². The van der Waals surface area contributed by atoms with E-state index in [1.165, 1.54) is 0 Å². The van der Waals surface area contributed by atoms with Crippen molar-refractivity contribution in [3.8, 4) is 0 Å². The van der Waals surface area contributed by atoms with Gasteiger partial charge in [0.25, 0.3) is 0 Å². The molecule has 8 nitrogen and oxygen atoms in total. The van der Waals surface area contributed by atoms with Crippen molar-refractivity contribution in [3.05, 3.63) is 107 Å². The average molecular weight is 546 g/mol. The van der Waals surface area contributed by atoms with Gasteiger partial charge in [-0.2, -0.15) is 0 Å². The Kier molecular flexibility index (Phi) is 9.81. The van der Waals surface area contributed by atoms with Crippen LogP contribution in [0.2, 0.25) is 0 Å². The summed E-state index contributed by atoms with van der Waals surface area (Å²) < 4.78 is 18.7. The van der Waals surface area contributed by atoms with Crippen molar-refractivity contribution in [1.29, 1.82) is 0 Å². The molecule has 5 rings (SSSR count). The highest BCUT2D eigenvalue weighted by atomic mass is 16.7. The van der Waals surface area contributed by atoms with E-state index in [0.717, 1.165) is 60.7 Å². The second kappa shape index (κ2) is 13.9. The zero-order valence-corrected chi connectivity index (χ0v) is 23.0. The molecule has 2 saturated heterocycles. The van der Waals surface area contributed by atoms with E-state index in [-0.39, 0.29) is 30.8 Å². The van der Waals surface area contributed by atoms with Gasteiger partial charge in [0, 0.05) is 44.2 Å². The fourth-order valence-corrected chi connectivity index (χ4v) is 5.18. The molecule has 2 heterocycles. The van der Waals surface area contributed by atoms with E-state index in [0.29, 0.717) is 13.1 Å². The Balaban J connectivity index is 1.23. The lowest BCUT2D eigenvalue weighted by Crippen LogP contribution is -2.47. The molecule has 40 heavy (non-hydrogen) atoms. The summed E-state index contributed by atoms with van der Waals surface area (Å²) in [5.74, 6) is 0.136. The van der Waals surface area contributed by atoms with E-state index in [1.54, 1.807) is 0 Å². The maximum Gasteiger partial charge on any atom is 0.315 e. The fraction of sp³-hybridized carbons (Fsp3) is 0.406. The molecule has 2 fully saturated rings. The molecule has 0 spiro atoms. The summed E-state index contributed by atoms with van der Waals surface area (Å²) >= 11 is 0. The lowest BCUT2D eigenvalue weighted by Gasteiger charge is -2.43. The molecule has 4 unspecified atom stereocenters. The summed E-state index contributed by atoms with van der Waals surface area (Å²) in [4.78, 5) is 14.7. The van der Waals surface area contributed by atoms with Gasteiger partial charge in [0.05, 0.1) is 32.0 Å². The van der Waals surface area contributed by atoms with Crippen LogP contribution in [0, 0.1) is 5.92 Å². The van der Waals surface area contributed by atoms with Gasteiger partial charge < -0.3 is 30.0 Å². The monoisotopic (exact) mass is 545 g/mol. The predicted molar refractivity (Wildman–Crippen MR) is 152 cm³/mol. The van der Waals surface area contributed by atoms with Crippen LogP contribution in [-0.4, -0.2) is 55.0 Å². The lowest BCUT2D eigenvalue weighted by atomic mass is 9.90. The first kappa shape index (κ1) is 28.3. The summed E-state index contributed by atoms with van der Waals surface area (Å²) in [5, 5.41) is 15.3. The van der Waals surface area contributed by atoms with Crippen LogP contribution in [0.4, 0.5) is 4.79 Å². The molecule has 3 aromatic rings. The number of carbonyl (C=O) groups excluding carboxylic acids is 1. The standard InChI is InChI=1S/C32H39N3O5/c1-23-29(21-35-15-17-38-18-16-35)39-31(40-30(23)27-11-9-26(22-36)10-12-27)28-13-7-25(8-14-28)20-34-32(37)33-19-24-5-3-2-4-6-24/h2-14,23,29-31,36H,15-22H2,1H3,(H2,33,34,37). The van der Waals surface area contributed by atoms with Crippen molar-refractivity contribution in [2.45, 2.75) is 45.1 Å². The minimum atomic E-state index is -0.513. The minimum absolute atomic E-state index is 0.0165. The topological polar surface area (TPSA) is 92.3 Å². The number of nitrogens with one attached hydrogen (secondary N) is 2. The number of hydrogen-bond donors (Lipinski definition) is 3. The fourth-order valence-electron chi connectivity index (χ4n) is 5.18. The molecular weight excluding hydrogens is 506 g/mol. The lowest BCUT2D eigenvalue weighted by molar-refractivity contribution is -0.277. The number of carbonyl (C=O) groups is 1. The van der Waals surface area contributed by atoms with Gasteiger partial charge in [0.15, 0.2) is 6.29 Å². The van der Waals surface area contributed by atoms with Gasteiger partial charge in [-0.25, -0.2) is 4.79 Å². The minimum Gasteiger partial charge on any atom is -0.392 e. The molecule has 4 atom stereocenters. The normalized spacial score (nSPS) is 23.4. The summed E-state index contributed by atoms with van der Waals surface area (Å²) in [6, 6.07) is 25.6. The average Bonchev–Trinajstić information content (AvgIpc) is 3.01. The number of amides is 2. The molecule has 0 aromatic heterocycles. The number of nitrogens with zero attached hydrogens (tertiary/aromatic N) is 1. The molecule has 212 valence electrons. The molecule has 0 saturated carbocycles. The highest BCUT2D eigenvalue weighted by Crippen LogP contribution is 2.41. The first-order chi connectivity index (χ1) is 19.6. The third-order valence-electron chi connectivity index (χ3n) is 7.67. The smallest absolute Gasteiger partial charge is 0.315 e. The van der Waals surface area contributed by atoms with Gasteiger partial charge in [0.2, 0.25) is 0 Å². The molecule has 2 aliphatic rings. The van der Waals surface area contributed by atoms with Gasteiger partial charge in [-0.05, 0) is 22.3 Å². The van der Waals surface area contributed by atoms with E-state index in [9.17, 15) is 9.90 Å². The van der Waals surface area contributed by atoms with Crippen molar-refractivity contribution in [2.24, 2.45) is 5.92 Å². The number of aliphatic hydroxyl groups is 1. The van der Waals surface area contributed by atoms with Crippen molar-refractivity contribution in [2.75, 3.05) is 32.8 Å². The Bertz CT molecular complexity index is 1200. The van der Waals surface area contributed by atoms with Crippen LogP contribution >= 0.6 is 0 Å². The molecule has 0 radical (unpaired) electrons. The SMILES string of the molecule is CC1C(CN2CCOCC2)OC(c2ccc(CNC(=O)NCc3ccccc3)cc2)OC1c1ccc(CO)cc1. The van der Waals surface area contributed by atoms with Crippen LogP contribution in [0.3, 0.4) is 0 Å². The molecule has 2 aliphatic heterocycles. The van der Waals surface area contributed by atoms with Crippen LogP contribution in [0.15, 0.2) is 78.9 Å². The van der Waals surface area contributed by atoms with Crippen LogP contribution < -0.4 is 10.6 Å². The van der Waals surface area contributed by atoms with Crippen molar-refractivity contribution in [1.82, 2.24) is 15.5 Å². The summed E-state index contributed by atoms with van der Waals surface area (Å²) in [6.45, 7) is 7.20. The third kappa shape index (κ3) is 7.47. The number of rotatable bonds is 9. The Morgan fingerprint density at radius 3 is 2.08 bits per heavy atom. The van der Waals surface area contributed by atoms with Gasteiger partial charge in [0.1, 0.15) is 0 Å². The summed E-state index contributed by atoms with van der Waals surface area (Å²) in [6.07, 6.45) is -0.679. The number of morpholine rings is 1. The Morgan fingerprint density at radius 2 is 1.43 bits per heavy atom. The van der Waals surface area contributed by atoms with Crippen LogP contribution in [0.5, 0.6) is 0 Å². The quantitative estimate of drug-likeness (QED) is 0.371. The van der Waals surface area contributed by atoms with Crippen molar-refractivity contribution >= 4 is 6.03 Å². The van der Waals surface area contributed by atoms with E-state index < -0.39 is 6.29 Å². The molecule has 2 amide bonds. The highest BCUT2D eigenvalue weighted by Gasteiger charge is 2.39. The third-order valence-corrected chi connectivity index (χ3v) is 7.67. The Morgan fingerprint density at radius 1 is 0.825 bits per heavy atom. The molecule has 3 N–H and O–H groups in total. The number of benzene rings is 3. The van der Waals surface area contributed by atoms with Crippen molar-refractivity contribution < 1.29 is 24.1 Å². The highest BCUT2D eigenvalue weighted by molar-refractivity contribution is 5.73. The number of hydrogen-bond acceptors (Lipinski definition) is 6. The second-order valence-corrected chi connectivity index (χ2v) is 10.5. The van der Waals surface area contributed by atoms with E-state index in [4.69, 9.17) is 14.2 Å². The maximum absolute atomic E-state index is 12.3. The molecule has 0 bridgehead atoms. The Labute approximate surface area is 236 Å². The first-order valence-electron chi connectivity index (χ1n) is 14.0.